The number of nitrogens with zero attached hydrogens (tertiary/aromatic N) is 4. The summed E-state index contributed by atoms with van der Waals surface area (Å²) in [5.74, 6) is 1.14. The van der Waals surface area contributed by atoms with Crippen molar-refractivity contribution in [2.24, 2.45) is 7.05 Å². The Morgan fingerprint density at radius 3 is 2.67 bits per heavy atom. The van der Waals surface area contributed by atoms with Gasteiger partial charge in [0.15, 0.2) is 0 Å². The van der Waals surface area contributed by atoms with Crippen LogP contribution in [0.15, 0.2) is 18.5 Å². The highest BCUT2D eigenvalue weighted by atomic mass is 15.3. The second-order valence-electron chi connectivity index (χ2n) is 5.33. The van der Waals surface area contributed by atoms with Gasteiger partial charge >= 0.3 is 0 Å². The third kappa shape index (κ3) is 3.73. The first-order valence-electron chi connectivity index (χ1n) is 7.95. The fraction of sp³-hybridized carbons (Fsp3) is 0.625. The topological polar surface area (TPSA) is 47.7 Å². The van der Waals surface area contributed by atoms with E-state index in [4.69, 9.17) is 0 Å². The highest BCUT2D eigenvalue weighted by molar-refractivity contribution is 5.15. The Kier molecular flexibility index (Phi) is 5.56. The fourth-order valence-corrected chi connectivity index (χ4v) is 2.71. The number of hydrogen-bond donors (Lipinski definition) is 1. The molecule has 2 rings (SSSR count). The van der Waals surface area contributed by atoms with E-state index in [0.717, 1.165) is 38.2 Å². The molecule has 2 heterocycles. The lowest BCUT2D eigenvalue weighted by molar-refractivity contribution is 0.460. The second-order valence-corrected chi connectivity index (χ2v) is 5.33. The molecule has 0 amide bonds. The standard InChI is InChI=1S/C16H27N5/c1-5-13-12-15(21(7-3)19-13)14(17-6-2)8-9-16-18-10-11-20(16)4/h10-12,14,17H,5-9H2,1-4H3. The summed E-state index contributed by atoms with van der Waals surface area (Å²) in [4.78, 5) is 4.42. The Hall–Kier alpha value is -1.62. The third-order valence-electron chi connectivity index (χ3n) is 3.91. The van der Waals surface area contributed by atoms with Crippen LogP contribution < -0.4 is 5.32 Å². The van der Waals surface area contributed by atoms with Crippen molar-refractivity contribution in [1.82, 2.24) is 24.6 Å². The summed E-state index contributed by atoms with van der Waals surface area (Å²) in [5.41, 5.74) is 2.47. The van der Waals surface area contributed by atoms with Crippen molar-refractivity contribution in [1.29, 1.82) is 0 Å². The normalized spacial score (nSPS) is 12.8. The quantitative estimate of drug-likeness (QED) is 0.812. The fourth-order valence-electron chi connectivity index (χ4n) is 2.71. The smallest absolute Gasteiger partial charge is 0.108 e. The van der Waals surface area contributed by atoms with Crippen molar-refractivity contribution in [3.63, 3.8) is 0 Å². The lowest BCUT2D eigenvalue weighted by atomic mass is 10.1. The summed E-state index contributed by atoms with van der Waals surface area (Å²) in [5, 5.41) is 8.26. The van der Waals surface area contributed by atoms with Crippen molar-refractivity contribution in [2.75, 3.05) is 6.54 Å². The molecule has 2 aromatic heterocycles. The number of imidazole rings is 1. The molecular weight excluding hydrogens is 262 g/mol. The molecule has 5 heteroatoms. The molecule has 0 aliphatic heterocycles. The molecule has 1 N–H and O–H groups in total. The van der Waals surface area contributed by atoms with E-state index in [2.05, 4.69) is 58.5 Å². The van der Waals surface area contributed by atoms with Gasteiger partial charge in [-0.25, -0.2) is 4.98 Å². The van der Waals surface area contributed by atoms with Crippen LogP contribution in [0.1, 0.15) is 50.4 Å². The summed E-state index contributed by atoms with van der Waals surface area (Å²) in [6, 6.07) is 2.58. The molecule has 0 fully saturated rings. The Balaban J connectivity index is 2.14. The van der Waals surface area contributed by atoms with Gasteiger partial charge in [-0.05, 0) is 32.4 Å². The minimum absolute atomic E-state index is 0.333. The molecule has 5 nitrogen and oxygen atoms in total. The van der Waals surface area contributed by atoms with E-state index in [-0.39, 0.29) is 0 Å². The molecular formula is C16H27N5. The van der Waals surface area contributed by atoms with E-state index < -0.39 is 0 Å². The van der Waals surface area contributed by atoms with Gasteiger partial charge in [-0.1, -0.05) is 13.8 Å². The first-order chi connectivity index (χ1) is 10.2. The van der Waals surface area contributed by atoms with Crippen LogP contribution in [0, 0.1) is 0 Å². The van der Waals surface area contributed by atoms with Crippen molar-refractivity contribution in [2.45, 2.75) is 52.6 Å². The van der Waals surface area contributed by atoms with Crippen LogP contribution in [0.2, 0.25) is 0 Å². The minimum Gasteiger partial charge on any atom is -0.338 e. The number of aryl methyl sites for hydroxylation is 4. The zero-order valence-corrected chi connectivity index (χ0v) is 13.6. The SMILES string of the molecule is CCNC(CCc1nccn1C)c1cc(CC)nn1CC. The number of hydrogen-bond acceptors (Lipinski definition) is 3. The van der Waals surface area contributed by atoms with Crippen LogP contribution in [0.3, 0.4) is 0 Å². The molecule has 0 radical (unpaired) electrons. The summed E-state index contributed by atoms with van der Waals surface area (Å²) >= 11 is 0. The van der Waals surface area contributed by atoms with Gasteiger partial charge in [0.2, 0.25) is 0 Å². The van der Waals surface area contributed by atoms with Crippen molar-refractivity contribution < 1.29 is 0 Å². The molecule has 1 unspecified atom stereocenters. The monoisotopic (exact) mass is 289 g/mol. The second kappa shape index (κ2) is 7.41. The highest BCUT2D eigenvalue weighted by Crippen LogP contribution is 2.20. The van der Waals surface area contributed by atoms with Gasteiger partial charge in [-0.3, -0.25) is 4.68 Å². The van der Waals surface area contributed by atoms with E-state index in [0.29, 0.717) is 6.04 Å². The van der Waals surface area contributed by atoms with Crippen molar-refractivity contribution in [3.05, 3.63) is 35.7 Å². The molecule has 0 aliphatic rings. The molecule has 0 spiro atoms. The van der Waals surface area contributed by atoms with Gasteiger partial charge in [0.05, 0.1) is 11.4 Å². The number of rotatable bonds is 8. The van der Waals surface area contributed by atoms with Gasteiger partial charge in [0.25, 0.3) is 0 Å². The van der Waals surface area contributed by atoms with Crippen LogP contribution in [0.4, 0.5) is 0 Å². The number of nitrogens with one attached hydrogen (secondary N) is 1. The van der Waals surface area contributed by atoms with Crippen molar-refractivity contribution >= 4 is 0 Å². The van der Waals surface area contributed by atoms with Gasteiger partial charge in [0, 0.05) is 38.4 Å². The Labute approximate surface area is 127 Å². The first-order valence-corrected chi connectivity index (χ1v) is 7.95. The van der Waals surface area contributed by atoms with Crippen LogP contribution in [0.25, 0.3) is 0 Å². The van der Waals surface area contributed by atoms with Gasteiger partial charge in [-0.2, -0.15) is 5.10 Å². The zero-order chi connectivity index (χ0) is 15.2. The van der Waals surface area contributed by atoms with Crippen molar-refractivity contribution in [3.8, 4) is 0 Å². The lowest BCUT2D eigenvalue weighted by Crippen LogP contribution is -2.24. The van der Waals surface area contributed by atoms with Crippen LogP contribution in [-0.2, 0) is 26.4 Å². The summed E-state index contributed by atoms with van der Waals surface area (Å²) in [6.45, 7) is 8.34. The average Bonchev–Trinajstić information content (AvgIpc) is 3.09. The van der Waals surface area contributed by atoms with E-state index in [9.17, 15) is 0 Å². The molecule has 21 heavy (non-hydrogen) atoms. The average molecular weight is 289 g/mol. The highest BCUT2D eigenvalue weighted by Gasteiger charge is 2.17. The molecule has 0 aromatic carbocycles. The van der Waals surface area contributed by atoms with Crippen LogP contribution in [0.5, 0.6) is 0 Å². The van der Waals surface area contributed by atoms with Gasteiger partial charge in [0.1, 0.15) is 5.82 Å². The predicted octanol–water partition coefficient (Wildman–Crippen LogP) is 2.48. The third-order valence-corrected chi connectivity index (χ3v) is 3.91. The van der Waals surface area contributed by atoms with E-state index in [1.165, 1.54) is 11.4 Å². The molecule has 0 aliphatic carbocycles. The Morgan fingerprint density at radius 2 is 2.10 bits per heavy atom. The number of aromatic nitrogens is 4. The van der Waals surface area contributed by atoms with E-state index in [1.54, 1.807) is 0 Å². The Morgan fingerprint density at radius 1 is 1.29 bits per heavy atom. The van der Waals surface area contributed by atoms with Crippen LogP contribution >= 0.6 is 0 Å². The van der Waals surface area contributed by atoms with E-state index >= 15 is 0 Å². The summed E-state index contributed by atoms with van der Waals surface area (Å²) in [7, 11) is 2.05. The minimum atomic E-state index is 0.333. The first kappa shape index (κ1) is 15.8. The molecule has 2 aromatic rings. The molecule has 0 bridgehead atoms. The molecule has 116 valence electrons. The largest absolute Gasteiger partial charge is 0.338 e. The predicted molar refractivity (Wildman–Crippen MR) is 85.2 cm³/mol. The molecule has 1 atom stereocenters. The molecule has 0 saturated heterocycles. The zero-order valence-electron chi connectivity index (χ0n) is 13.6. The van der Waals surface area contributed by atoms with Gasteiger partial charge < -0.3 is 9.88 Å². The van der Waals surface area contributed by atoms with Crippen LogP contribution in [-0.4, -0.2) is 25.9 Å². The maximum absolute atomic E-state index is 4.67. The lowest BCUT2D eigenvalue weighted by Gasteiger charge is -2.19. The molecule has 0 saturated carbocycles. The summed E-state index contributed by atoms with van der Waals surface area (Å²) < 4.78 is 4.22. The Bertz CT molecular complexity index is 555. The maximum Gasteiger partial charge on any atom is 0.108 e. The maximum atomic E-state index is 4.67. The van der Waals surface area contributed by atoms with E-state index in [1.807, 2.05) is 12.4 Å². The summed E-state index contributed by atoms with van der Waals surface area (Å²) in [6.07, 6.45) is 6.86. The van der Waals surface area contributed by atoms with Gasteiger partial charge in [-0.15, -0.1) is 0 Å².